The van der Waals surface area contributed by atoms with Crippen LogP contribution in [0.2, 0.25) is 0 Å². The maximum absolute atomic E-state index is 9.42. The molecule has 0 amide bonds. The van der Waals surface area contributed by atoms with E-state index in [0.717, 1.165) is 0 Å². The van der Waals surface area contributed by atoms with Gasteiger partial charge in [0.2, 0.25) is 0 Å². The first kappa shape index (κ1) is 11.3. The van der Waals surface area contributed by atoms with Gasteiger partial charge in [0.25, 0.3) is 0 Å². The lowest BCUT2D eigenvalue weighted by atomic mass is 10.0. The van der Waals surface area contributed by atoms with E-state index in [2.05, 4.69) is 0 Å². The van der Waals surface area contributed by atoms with E-state index in [1.165, 1.54) is 19.2 Å². The van der Waals surface area contributed by atoms with Crippen LogP contribution in [0.15, 0.2) is 12.1 Å². The van der Waals surface area contributed by atoms with E-state index in [1.54, 1.807) is 6.92 Å². The first-order valence-electron chi connectivity index (χ1n) is 4.56. The summed E-state index contributed by atoms with van der Waals surface area (Å²) >= 11 is 0. The van der Waals surface area contributed by atoms with Crippen LogP contribution in [0.3, 0.4) is 0 Å². The third-order valence-corrected chi connectivity index (χ3v) is 2.03. The maximum Gasteiger partial charge on any atom is 0.137 e. The van der Waals surface area contributed by atoms with Gasteiger partial charge in [-0.25, -0.2) is 0 Å². The number of ether oxygens (including phenoxy) is 1. The Labute approximate surface area is 88.4 Å². The zero-order valence-corrected chi connectivity index (χ0v) is 8.69. The van der Waals surface area contributed by atoms with Crippen LogP contribution < -0.4 is 4.74 Å². The smallest absolute Gasteiger partial charge is 0.137 e. The number of aliphatic hydroxyl groups is 1. The quantitative estimate of drug-likeness (QED) is 0.781. The molecule has 0 aliphatic carbocycles. The number of aliphatic hydroxyl groups excluding tert-OH is 1. The lowest BCUT2D eigenvalue weighted by molar-refractivity contribution is 0.194. The van der Waals surface area contributed by atoms with Gasteiger partial charge in [-0.15, -0.1) is 0 Å². The standard InChI is InChI=1S/C11H13NO3/c1-7(13)3-8-4-9(6-12)10(14)5-11(8)15-2/h4-5,7,13-14H,3H2,1-2H3. The number of methoxy groups -OCH3 is 1. The first-order valence-corrected chi connectivity index (χ1v) is 4.56. The number of nitrogens with zero attached hydrogens (tertiary/aromatic N) is 1. The number of hydrogen-bond acceptors (Lipinski definition) is 4. The molecule has 2 N–H and O–H groups in total. The molecule has 0 aromatic heterocycles. The lowest BCUT2D eigenvalue weighted by Crippen LogP contribution is -2.06. The highest BCUT2D eigenvalue weighted by molar-refractivity contribution is 5.51. The van der Waals surface area contributed by atoms with Crippen molar-refractivity contribution >= 4 is 0 Å². The Morgan fingerprint density at radius 3 is 2.67 bits per heavy atom. The molecule has 0 aliphatic rings. The second kappa shape index (κ2) is 4.67. The van der Waals surface area contributed by atoms with E-state index in [1.807, 2.05) is 6.07 Å². The van der Waals surface area contributed by atoms with Crippen LogP contribution in [0.1, 0.15) is 18.1 Å². The molecule has 15 heavy (non-hydrogen) atoms. The van der Waals surface area contributed by atoms with Crippen molar-refractivity contribution in [2.45, 2.75) is 19.4 Å². The third-order valence-electron chi connectivity index (χ3n) is 2.03. The molecule has 1 rings (SSSR count). The molecule has 0 aliphatic heterocycles. The van der Waals surface area contributed by atoms with E-state index in [-0.39, 0.29) is 11.3 Å². The predicted molar refractivity (Wildman–Crippen MR) is 54.8 cm³/mol. The molecule has 4 heteroatoms. The van der Waals surface area contributed by atoms with E-state index < -0.39 is 6.10 Å². The monoisotopic (exact) mass is 207 g/mol. The highest BCUT2D eigenvalue weighted by Gasteiger charge is 2.11. The number of aromatic hydroxyl groups is 1. The Balaban J connectivity index is 3.18. The molecule has 1 atom stereocenters. The van der Waals surface area contributed by atoms with Crippen LogP contribution in [-0.4, -0.2) is 23.4 Å². The van der Waals surface area contributed by atoms with Crippen LogP contribution in [0.4, 0.5) is 0 Å². The molecule has 0 radical (unpaired) electrons. The fraction of sp³-hybridized carbons (Fsp3) is 0.364. The topological polar surface area (TPSA) is 73.5 Å². The molecular weight excluding hydrogens is 194 g/mol. The fourth-order valence-electron chi connectivity index (χ4n) is 1.37. The van der Waals surface area contributed by atoms with Crippen LogP contribution in [-0.2, 0) is 6.42 Å². The van der Waals surface area contributed by atoms with Crippen molar-refractivity contribution < 1.29 is 14.9 Å². The van der Waals surface area contributed by atoms with Crippen LogP contribution >= 0.6 is 0 Å². The summed E-state index contributed by atoms with van der Waals surface area (Å²) in [5.74, 6) is 0.371. The number of phenols is 1. The molecule has 0 heterocycles. The number of benzene rings is 1. The number of hydrogen-bond donors (Lipinski definition) is 2. The van der Waals surface area contributed by atoms with Crippen LogP contribution in [0, 0.1) is 11.3 Å². The normalized spacial score (nSPS) is 11.9. The SMILES string of the molecule is COc1cc(O)c(C#N)cc1CC(C)O. The highest BCUT2D eigenvalue weighted by Crippen LogP contribution is 2.28. The van der Waals surface area contributed by atoms with Crippen molar-refractivity contribution in [3.8, 4) is 17.6 Å². The van der Waals surface area contributed by atoms with E-state index in [9.17, 15) is 10.2 Å². The van der Waals surface area contributed by atoms with Crippen molar-refractivity contribution in [1.82, 2.24) is 0 Å². The first-order chi connectivity index (χ1) is 7.08. The van der Waals surface area contributed by atoms with Gasteiger partial charge in [0.1, 0.15) is 17.6 Å². The van der Waals surface area contributed by atoms with Gasteiger partial charge in [0, 0.05) is 12.5 Å². The van der Waals surface area contributed by atoms with Gasteiger partial charge < -0.3 is 14.9 Å². The summed E-state index contributed by atoms with van der Waals surface area (Å²) in [7, 11) is 1.48. The Morgan fingerprint density at radius 2 is 2.20 bits per heavy atom. The molecule has 0 bridgehead atoms. The molecule has 1 aromatic rings. The van der Waals surface area contributed by atoms with E-state index in [4.69, 9.17) is 10.00 Å². The summed E-state index contributed by atoms with van der Waals surface area (Å²) in [6.07, 6.45) is -0.131. The number of nitriles is 1. The average molecular weight is 207 g/mol. The Kier molecular flexibility index (Phi) is 3.53. The highest BCUT2D eigenvalue weighted by atomic mass is 16.5. The molecule has 4 nitrogen and oxygen atoms in total. The zero-order chi connectivity index (χ0) is 11.4. The number of phenolic OH excluding ortho intramolecular Hbond substituents is 1. The second-order valence-electron chi connectivity index (χ2n) is 3.35. The fourth-order valence-corrected chi connectivity index (χ4v) is 1.37. The summed E-state index contributed by atoms with van der Waals surface area (Å²) < 4.78 is 5.05. The Hall–Kier alpha value is -1.73. The zero-order valence-electron chi connectivity index (χ0n) is 8.69. The third kappa shape index (κ3) is 2.61. The summed E-state index contributed by atoms with van der Waals surface area (Å²) in [5.41, 5.74) is 0.897. The van der Waals surface area contributed by atoms with Crippen molar-refractivity contribution in [2.24, 2.45) is 0 Å². The lowest BCUT2D eigenvalue weighted by Gasteiger charge is -2.11. The van der Waals surface area contributed by atoms with Crippen molar-refractivity contribution in [1.29, 1.82) is 5.26 Å². The predicted octanol–water partition coefficient (Wildman–Crippen LogP) is 1.20. The van der Waals surface area contributed by atoms with Crippen molar-refractivity contribution in [2.75, 3.05) is 7.11 Å². The van der Waals surface area contributed by atoms with Crippen molar-refractivity contribution in [3.05, 3.63) is 23.3 Å². The summed E-state index contributed by atoms with van der Waals surface area (Å²) in [6.45, 7) is 1.65. The summed E-state index contributed by atoms with van der Waals surface area (Å²) in [4.78, 5) is 0. The van der Waals surface area contributed by atoms with Gasteiger partial charge in [0.05, 0.1) is 18.8 Å². The Morgan fingerprint density at radius 1 is 1.53 bits per heavy atom. The molecule has 0 spiro atoms. The van der Waals surface area contributed by atoms with E-state index in [0.29, 0.717) is 17.7 Å². The Bertz CT molecular complexity index is 394. The molecule has 1 aromatic carbocycles. The average Bonchev–Trinajstić information content (AvgIpc) is 2.19. The minimum absolute atomic E-state index is 0.108. The molecule has 1 unspecified atom stereocenters. The van der Waals surface area contributed by atoms with Gasteiger partial charge in [-0.05, 0) is 18.6 Å². The van der Waals surface area contributed by atoms with Gasteiger partial charge in [-0.2, -0.15) is 5.26 Å². The molecular formula is C11H13NO3. The maximum atomic E-state index is 9.42. The minimum atomic E-state index is -0.519. The van der Waals surface area contributed by atoms with Crippen LogP contribution in [0.25, 0.3) is 0 Å². The molecule has 0 fully saturated rings. The largest absolute Gasteiger partial charge is 0.506 e. The van der Waals surface area contributed by atoms with Gasteiger partial charge in [-0.1, -0.05) is 0 Å². The van der Waals surface area contributed by atoms with Crippen LogP contribution in [0.5, 0.6) is 11.5 Å². The van der Waals surface area contributed by atoms with E-state index >= 15 is 0 Å². The molecule has 80 valence electrons. The summed E-state index contributed by atoms with van der Waals surface area (Å²) in [5, 5.41) is 27.4. The summed E-state index contributed by atoms with van der Waals surface area (Å²) in [6, 6.07) is 4.79. The minimum Gasteiger partial charge on any atom is -0.506 e. The van der Waals surface area contributed by atoms with Gasteiger partial charge in [0.15, 0.2) is 0 Å². The van der Waals surface area contributed by atoms with Crippen molar-refractivity contribution in [3.63, 3.8) is 0 Å². The van der Waals surface area contributed by atoms with Gasteiger partial charge >= 0.3 is 0 Å². The second-order valence-corrected chi connectivity index (χ2v) is 3.35. The van der Waals surface area contributed by atoms with Gasteiger partial charge in [-0.3, -0.25) is 0 Å². The molecule has 0 saturated heterocycles. The molecule has 0 saturated carbocycles. The number of rotatable bonds is 3.